The first-order valence-electron chi connectivity index (χ1n) is 7.51. The quantitative estimate of drug-likeness (QED) is 0.765. The lowest BCUT2D eigenvalue weighted by atomic mass is 9.84. The van der Waals surface area contributed by atoms with E-state index in [0.717, 1.165) is 19.3 Å². The molecule has 0 aromatic heterocycles. The molecule has 2 bridgehead atoms. The molecule has 1 amide bonds. The van der Waals surface area contributed by atoms with Crippen molar-refractivity contribution >= 4 is 11.9 Å². The van der Waals surface area contributed by atoms with Crippen LogP contribution in [0, 0.1) is 17.8 Å². The van der Waals surface area contributed by atoms with Gasteiger partial charge in [-0.2, -0.15) is 0 Å². The van der Waals surface area contributed by atoms with E-state index in [4.69, 9.17) is 4.74 Å². The predicted molar refractivity (Wildman–Crippen MR) is 76.0 cm³/mol. The van der Waals surface area contributed by atoms with Crippen molar-refractivity contribution in [3.05, 3.63) is 0 Å². The van der Waals surface area contributed by atoms with Gasteiger partial charge in [0.1, 0.15) is 0 Å². The van der Waals surface area contributed by atoms with E-state index in [-0.39, 0.29) is 23.8 Å². The van der Waals surface area contributed by atoms with E-state index in [1.54, 1.807) is 0 Å². The zero-order chi connectivity index (χ0) is 14.9. The molecule has 0 aliphatic heterocycles. The Kier molecular flexibility index (Phi) is 4.68. The number of ether oxygens (including phenoxy) is 1. The van der Waals surface area contributed by atoms with E-state index in [2.05, 4.69) is 19.2 Å². The van der Waals surface area contributed by atoms with Gasteiger partial charge in [-0.3, -0.25) is 14.5 Å². The number of rotatable bonds is 5. The van der Waals surface area contributed by atoms with Gasteiger partial charge in [0.05, 0.1) is 19.6 Å². The van der Waals surface area contributed by atoms with E-state index >= 15 is 0 Å². The van der Waals surface area contributed by atoms with E-state index in [1.165, 1.54) is 7.11 Å². The fourth-order valence-electron chi connectivity index (χ4n) is 3.61. The third-order valence-corrected chi connectivity index (χ3v) is 4.99. The summed E-state index contributed by atoms with van der Waals surface area (Å²) in [7, 11) is 3.36. The fraction of sp³-hybridized carbons (Fsp3) is 0.867. The Morgan fingerprint density at radius 2 is 1.95 bits per heavy atom. The summed E-state index contributed by atoms with van der Waals surface area (Å²) in [5.41, 5.74) is 0. The van der Waals surface area contributed by atoms with Gasteiger partial charge in [0.15, 0.2) is 0 Å². The molecule has 0 unspecified atom stereocenters. The molecule has 0 heterocycles. The maximum atomic E-state index is 12.1. The minimum atomic E-state index is -0.167. The zero-order valence-electron chi connectivity index (χ0n) is 12.9. The Morgan fingerprint density at radius 1 is 1.30 bits per heavy atom. The highest BCUT2D eigenvalue weighted by Gasteiger charge is 2.51. The monoisotopic (exact) mass is 282 g/mol. The highest BCUT2D eigenvalue weighted by Crippen LogP contribution is 2.48. The predicted octanol–water partition coefficient (Wildman–Crippen LogP) is 1.03. The van der Waals surface area contributed by atoms with Crippen molar-refractivity contribution in [1.82, 2.24) is 10.2 Å². The van der Waals surface area contributed by atoms with Crippen molar-refractivity contribution in [1.29, 1.82) is 0 Å². The summed E-state index contributed by atoms with van der Waals surface area (Å²) in [6.45, 7) is 4.49. The largest absolute Gasteiger partial charge is 0.469 e. The second-order valence-corrected chi connectivity index (χ2v) is 6.48. The number of hydrogen-bond donors (Lipinski definition) is 1. The third kappa shape index (κ3) is 2.97. The van der Waals surface area contributed by atoms with Crippen LogP contribution in [0.2, 0.25) is 0 Å². The lowest BCUT2D eigenvalue weighted by Crippen LogP contribution is -2.50. The van der Waals surface area contributed by atoms with Crippen molar-refractivity contribution in [2.45, 2.75) is 45.2 Å². The van der Waals surface area contributed by atoms with Gasteiger partial charge in [-0.15, -0.1) is 0 Å². The van der Waals surface area contributed by atoms with Gasteiger partial charge in [0, 0.05) is 12.1 Å². The maximum Gasteiger partial charge on any atom is 0.311 e. The Morgan fingerprint density at radius 3 is 2.55 bits per heavy atom. The molecule has 2 saturated carbocycles. The number of hydrogen-bond acceptors (Lipinski definition) is 4. The van der Waals surface area contributed by atoms with Crippen LogP contribution in [0.5, 0.6) is 0 Å². The summed E-state index contributed by atoms with van der Waals surface area (Å²) in [6, 6.07) is 0.298. The zero-order valence-corrected chi connectivity index (χ0v) is 12.9. The molecule has 5 heteroatoms. The maximum absolute atomic E-state index is 12.1. The first-order chi connectivity index (χ1) is 9.43. The van der Waals surface area contributed by atoms with Crippen LogP contribution >= 0.6 is 0 Å². The number of methoxy groups -OCH3 is 1. The van der Waals surface area contributed by atoms with Crippen molar-refractivity contribution in [3.8, 4) is 0 Å². The van der Waals surface area contributed by atoms with Crippen LogP contribution in [-0.4, -0.2) is 49.6 Å². The van der Waals surface area contributed by atoms with Gasteiger partial charge in [0.25, 0.3) is 0 Å². The van der Waals surface area contributed by atoms with Crippen LogP contribution in [0.1, 0.15) is 33.1 Å². The molecule has 2 fully saturated rings. The molecule has 20 heavy (non-hydrogen) atoms. The number of nitrogens with zero attached hydrogens (tertiary/aromatic N) is 1. The molecule has 2 aliphatic carbocycles. The first kappa shape index (κ1) is 15.3. The van der Waals surface area contributed by atoms with Crippen LogP contribution < -0.4 is 5.32 Å². The van der Waals surface area contributed by atoms with Crippen LogP contribution in [0.15, 0.2) is 0 Å². The van der Waals surface area contributed by atoms with Crippen LogP contribution in [0.25, 0.3) is 0 Å². The molecule has 0 spiro atoms. The average molecular weight is 282 g/mol. The first-order valence-corrected chi connectivity index (χ1v) is 7.51. The van der Waals surface area contributed by atoms with Crippen molar-refractivity contribution in [3.63, 3.8) is 0 Å². The minimum absolute atomic E-state index is 0.00709. The van der Waals surface area contributed by atoms with E-state index in [1.807, 2.05) is 11.9 Å². The smallest absolute Gasteiger partial charge is 0.311 e. The number of amides is 1. The average Bonchev–Trinajstić information content (AvgIpc) is 2.98. The Bertz CT molecular complexity index is 383. The van der Waals surface area contributed by atoms with E-state index < -0.39 is 0 Å². The Labute approximate surface area is 121 Å². The summed E-state index contributed by atoms with van der Waals surface area (Å²) >= 11 is 0. The summed E-state index contributed by atoms with van der Waals surface area (Å²) in [5.74, 6) is 0.525. The van der Waals surface area contributed by atoms with Gasteiger partial charge in [-0.1, -0.05) is 0 Å². The van der Waals surface area contributed by atoms with E-state index in [9.17, 15) is 9.59 Å². The number of fused-ring (bicyclic) bond motifs is 2. The molecule has 5 nitrogen and oxygen atoms in total. The normalized spacial score (nSPS) is 31.9. The van der Waals surface area contributed by atoms with Gasteiger partial charge in [-0.25, -0.2) is 0 Å². The number of likely N-dealkylation sites (N-methyl/N-ethyl adjacent to an activating group) is 1. The van der Waals surface area contributed by atoms with Crippen molar-refractivity contribution < 1.29 is 14.3 Å². The second-order valence-electron chi connectivity index (χ2n) is 6.48. The molecular formula is C15H26N2O3. The van der Waals surface area contributed by atoms with Crippen molar-refractivity contribution in [2.75, 3.05) is 20.7 Å². The van der Waals surface area contributed by atoms with Crippen LogP contribution in [0.3, 0.4) is 0 Å². The van der Waals surface area contributed by atoms with Gasteiger partial charge in [0.2, 0.25) is 5.91 Å². The molecule has 114 valence electrons. The summed E-state index contributed by atoms with van der Waals surface area (Å²) in [4.78, 5) is 26.1. The topological polar surface area (TPSA) is 58.6 Å². The summed E-state index contributed by atoms with van der Waals surface area (Å²) in [6.07, 6.45) is 3.25. The third-order valence-electron chi connectivity index (χ3n) is 4.99. The van der Waals surface area contributed by atoms with E-state index in [0.29, 0.717) is 24.4 Å². The van der Waals surface area contributed by atoms with Crippen molar-refractivity contribution in [2.24, 2.45) is 17.8 Å². The SMILES string of the molecule is COC(=O)[C@@H]1[C@H]2CC[C@@H](C2)[C@H]1NC(=O)CN(C)C(C)C. The molecule has 1 N–H and O–H groups in total. The standard InChI is InChI=1S/C15H26N2O3/c1-9(2)17(3)8-12(18)16-14-11-6-5-10(7-11)13(14)15(19)20-4/h9-11,13-14H,5-8H2,1-4H3,(H,16,18)/t10-,11-,13+,14+/m0/s1. The molecule has 2 rings (SSSR count). The minimum Gasteiger partial charge on any atom is -0.469 e. The van der Waals surface area contributed by atoms with Gasteiger partial charge >= 0.3 is 5.97 Å². The molecule has 0 radical (unpaired) electrons. The van der Waals surface area contributed by atoms with Gasteiger partial charge < -0.3 is 10.1 Å². The lowest BCUT2D eigenvalue weighted by molar-refractivity contribution is -0.148. The van der Waals surface area contributed by atoms with Crippen LogP contribution in [0.4, 0.5) is 0 Å². The molecular weight excluding hydrogens is 256 g/mol. The van der Waals surface area contributed by atoms with Gasteiger partial charge in [-0.05, 0) is 52.0 Å². The second kappa shape index (κ2) is 6.12. The number of carbonyl (C=O) groups excluding carboxylic acids is 2. The Balaban J connectivity index is 1.96. The molecule has 4 atom stereocenters. The number of nitrogens with one attached hydrogen (secondary N) is 1. The summed E-state index contributed by atoms with van der Waals surface area (Å²) < 4.78 is 4.92. The molecule has 0 aromatic rings. The fourth-order valence-corrected chi connectivity index (χ4v) is 3.61. The lowest BCUT2D eigenvalue weighted by Gasteiger charge is -2.30. The molecule has 0 aromatic carbocycles. The number of carbonyl (C=O) groups is 2. The number of esters is 1. The molecule has 2 aliphatic rings. The Hall–Kier alpha value is -1.10. The van der Waals surface area contributed by atoms with Crippen LogP contribution in [-0.2, 0) is 14.3 Å². The molecule has 0 saturated heterocycles. The highest BCUT2D eigenvalue weighted by atomic mass is 16.5. The summed E-state index contributed by atoms with van der Waals surface area (Å²) in [5, 5.41) is 3.08. The highest BCUT2D eigenvalue weighted by molar-refractivity contribution is 5.80.